The molecule has 6 nitrogen and oxygen atoms in total. The van der Waals surface area contributed by atoms with Gasteiger partial charge in [-0.25, -0.2) is 4.98 Å². The van der Waals surface area contributed by atoms with Gasteiger partial charge >= 0.3 is 0 Å². The molecular formula is C13H17N5OS. The van der Waals surface area contributed by atoms with Gasteiger partial charge in [-0.15, -0.1) is 0 Å². The fourth-order valence-corrected chi connectivity index (χ4v) is 2.27. The Kier molecular flexibility index (Phi) is 4.62. The Hall–Kier alpha value is -2.02. The fourth-order valence-electron chi connectivity index (χ4n) is 1.56. The topological polar surface area (TPSA) is 73.9 Å². The fraction of sp³-hybridized carbons (Fsp3) is 0.308. The molecule has 0 aliphatic rings. The van der Waals surface area contributed by atoms with Crippen LogP contribution in [0.5, 0.6) is 0 Å². The van der Waals surface area contributed by atoms with Crippen molar-refractivity contribution in [2.24, 2.45) is 0 Å². The van der Waals surface area contributed by atoms with Gasteiger partial charge in [-0.1, -0.05) is 11.8 Å². The summed E-state index contributed by atoms with van der Waals surface area (Å²) in [6.45, 7) is 1.83. The average Bonchev–Trinajstić information content (AvgIpc) is 2.92. The Balaban J connectivity index is 1.93. The number of thioether (sulfide) groups is 1. The summed E-state index contributed by atoms with van der Waals surface area (Å²) in [5.74, 6) is -0.0657. The molecule has 1 unspecified atom stereocenters. The van der Waals surface area contributed by atoms with Crippen LogP contribution in [-0.4, -0.2) is 40.4 Å². The predicted octanol–water partition coefficient (Wildman–Crippen LogP) is 1.99. The third-order valence-electron chi connectivity index (χ3n) is 2.70. The number of benzene rings is 1. The number of nitrogens with one attached hydrogen (secondary N) is 2. The van der Waals surface area contributed by atoms with E-state index in [1.165, 1.54) is 18.1 Å². The quantitative estimate of drug-likeness (QED) is 0.824. The second-order valence-corrected chi connectivity index (χ2v) is 5.81. The molecule has 0 saturated carbocycles. The van der Waals surface area contributed by atoms with Gasteiger partial charge in [0.25, 0.3) is 0 Å². The molecule has 0 saturated heterocycles. The minimum Gasteiger partial charge on any atom is -0.378 e. The molecule has 7 heteroatoms. The zero-order valence-corrected chi connectivity index (χ0v) is 12.4. The summed E-state index contributed by atoms with van der Waals surface area (Å²) < 4.78 is 0. The van der Waals surface area contributed by atoms with Crippen molar-refractivity contribution in [3.8, 4) is 0 Å². The summed E-state index contributed by atoms with van der Waals surface area (Å²) in [7, 11) is 3.95. The lowest BCUT2D eigenvalue weighted by Gasteiger charge is -2.14. The van der Waals surface area contributed by atoms with Gasteiger partial charge < -0.3 is 10.2 Å². The maximum atomic E-state index is 12.1. The molecule has 0 radical (unpaired) electrons. The number of carbonyl (C=O) groups is 1. The number of aromatic nitrogens is 3. The number of aromatic amines is 1. The minimum absolute atomic E-state index is 0.0657. The van der Waals surface area contributed by atoms with Crippen LogP contribution >= 0.6 is 11.8 Å². The van der Waals surface area contributed by atoms with Crippen molar-refractivity contribution < 1.29 is 4.79 Å². The van der Waals surface area contributed by atoms with Crippen molar-refractivity contribution in [2.45, 2.75) is 17.3 Å². The van der Waals surface area contributed by atoms with Crippen molar-refractivity contribution in [2.75, 3.05) is 24.3 Å². The summed E-state index contributed by atoms with van der Waals surface area (Å²) in [5, 5.41) is 9.74. The smallest absolute Gasteiger partial charge is 0.237 e. The highest BCUT2D eigenvalue weighted by Crippen LogP contribution is 2.21. The molecule has 106 valence electrons. The molecular weight excluding hydrogens is 274 g/mol. The van der Waals surface area contributed by atoms with Crippen LogP contribution in [0.25, 0.3) is 0 Å². The summed E-state index contributed by atoms with van der Waals surface area (Å²) in [6.07, 6.45) is 1.42. The number of hydrogen-bond donors (Lipinski definition) is 2. The number of H-pyrrole nitrogens is 1. The SMILES string of the molecule is CC(Sc1ncn[nH]1)C(=O)Nc1ccc(N(C)C)cc1. The van der Waals surface area contributed by atoms with Gasteiger partial charge in [0.15, 0.2) is 5.16 Å². The molecule has 1 aromatic heterocycles. The van der Waals surface area contributed by atoms with Crippen LogP contribution in [0.2, 0.25) is 0 Å². The molecule has 2 rings (SSSR count). The van der Waals surface area contributed by atoms with Crippen LogP contribution in [0.15, 0.2) is 35.7 Å². The van der Waals surface area contributed by atoms with E-state index in [4.69, 9.17) is 0 Å². The number of nitrogens with zero attached hydrogens (tertiary/aromatic N) is 3. The van der Waals surface area contributed by atoms with E-state index in [1.807, 2.05) is 50.2 Å². The average molecular weight is 291 g/mol. The molecule has 1 heterocycles. The maximum absolute atomic E-state index is 12.1. The van der Waals surface area contributed by atoms with Gasteiger partial charge in [0, 0.05) is 25.5 Å². The third-order valence-corrected chi connectivity index (χ3v) is 3.69. The van der Waals surface area contributed by atoms with Crippen LogP contribution in [-0.2, 0) is 4.79 Å². The Bertz CT molecular complexity index is 553. The molecule has 0 bridgehead atoms. The van der Waals surface area contributed by atoms with Crippen molar-refractivity contribution in [3.63, 3.8) is 0 Å². The Morgan fingerprint density at radius 3 is 2.60 bits per heavy atom. The number of rotatable bonds is 5. The van der Waals surface area contributed by atoms with E-state index in [1.54, 1.807) is 0 Å². The number of carbonyl (C=O) groups excluding carboxylic acids is 1. The first-order valence-corrected chi connectivity index (χ1v) is 7.04. The lowest BCUT2D eigenvalue weighted by molar-refractivity contribution is -0.115. The monoisotopic (exact) mass is 291 g/mol. The Labute approximate surface area is 122 Å². The van der Waals surface area contributed by atoms with E-state index < -0.39 is 0 Å². The third kappa shape index (κ3) is 3.74. The van der Waals surface area contributed by atoms with Crippen LogP contribution in [0.4, 0.5) is 11.4 Å². The summed E-state index contributed by atoms with van der Waals surface area (Å²) in [4.78, 5) is 18.0. The lowest BCUT2D eigenvalue weighted by Crippen LogP contribution is -2.22. The normalized spacial score (nSPS) is 11.9. The molecule has 1 amide bonds. The number of amides is 1. The summed E-state index contributed by atoms with van der Waals surface area (Å²) >= 11 is 1.34. The first kappa shape index (κ1) is 14.4. The van der Waals surface area contributed by atoms with E-state index >= 15 is 0 Å². The molecule has 1 aromatic carbocycles. The first-order chi connectivity index (χ1) is 9.56. The van der Waals surface area contributed by atoms with E-state index in [9.17, 15) is 4.79 Å². The molecule has 2 aromatic rings. The molecule has 0 aliphatic carbocycles. The Morgan fingerprint density at radius 2 is 2.05 bits per heavy atom. The lowest BCUT2D eigenvalue weighted by atomic mass is 10.2. The highest BCUT2D eigenvalue weighted by molar-refractivity contribution is 8.00. The largest absolute Gasteiger partial charge is 0.378 e. The van der Waals surface area contributed by atoms with Gasteiger partial charge in [-0.05, 0) is 31.2 Å². The summed E-state index contributed by atoms with van der Waals surface area (Å²) in [5.41, 5.74) is 1.87. The van der Waals surface area contributed by atoms with E-state index in [-0.39, 0.29) is 11.2 Å². The van der Waals surface area contributed by atoms with Crippen LogP contribution in [0.3, 0.4) is 0 Å². The van der Waals surface area contributed by atoms with E-state index in [0.717, 1.165) is 11.4 Å². The van der Waals surface area contributed by atoms with Crippen molar-refractivity contribution in [3.05, 3.63) is 30.6 Å². The predicted molar refractivity (Wildman–Crippen MR) is 81.1 cm³/mol. The van der Waals surface area contributed by atoms with Crippen LogP contribution in [0, 0.1) is 0 Å². The second-order valence-electron chi connectivity index (χ2n) is 4.48. The number of hydrogen-bond acceptors (Lipinski definition) is 5. The van der Waals surface area contributed by atoms with Crippen molar-refractivity contribution in [1.29, 1.82) is 0 Å². The molecule has 0 fully saturated rings. The zero-order chi connectivity index (χ0) is 14.5. The van der Waals surface area contributed by atoms with Gasteiger partial charge in [-0.3, -0.25) is 9.89 Å². The molecule has 2 N–H and O–H groups in total. The molecule has 0 spiro atoms. The zero-order valence-electron chi connectivity index (χ0n) is 11.6. The molecule has 0 aliphatic heterocycles. The standard InChI is InChI=1S/C13H17N5OS/c1-9(20-13-14-8-15-17-13)12(19)16-10-4-6-11(7-5-10)18(2)3/h4-9H,1-3H3,(H,16,19)(H,14,15,17). The highest BCUT2D eigenvalue weighted by atomic mass is 32.2. The first-order valence-electron chi connectivity index (χ1n) is 6.16. The second kappa shape index (κ2) is 6.42. The highest BCUT2D eigenvalue weighted by Gasteiger charge is 2.15. The molecule has 20 heavy (non-hydrogen) atoms. The maximum Gasteiger partial charge on any atom is 0.237 e. The van der Waals surface area contributed by atoms with Gasteiger partial charge in [0.2, 0.25) is 5.91 Å². The van der Waals surface area contributed by atoms with Gasteiger partial charge in [0.05, 0.1) is 5.25 Å². The van der Waals surface area contributed by atoms with Crippen LogP contribution < -0.4 is 10.2 Å². The van der Waals surface area contributed by atoms with Gasteiger partial charge in [0.1, 0.15) is 6.33 Å². The minimum atomic E-state index is -0.253. The Morgan fingerprint density at radius 1 is 1.35 bits per heavy atom. The van der Waals surface area contributed by atoms with Gasteiger partial charge in [-0.2, -0.15) is 5.10 Å². The van der Waals surface area contributed by atoms with Crippen LogP contribution in [0.1, 0.15) is 6.92 Å². The summed E-state index contributed by atoms with van der Waals surface area (Å²) in [6, 6.07) is 7.70. The van der Waals surface area contributed by atoms with Crippen molar-refractivity contribution >= 4 is 29.0 Å². The van der Waals surface area contributed by atoms with E-state index in [0.29, 0.717) is 5.16 Å². The van der Waals surface area contributed by atoms with Crippen molar-refractivity contribution in [1.82, 2.24) is 15.2 Å². The van der Waals surface area contributed by atoms with E-state index in [2.05, 4.69) is 20.5 Å². The number of anilines is 2. The molecule has 1 atom stereocenters.